The summed E-state index contributed by atoms with van der Waals surface area (Å²) >= 11 is 0. The highest BCUT2D eigenvalue weighted by molar-refractivity contribution is 6.09. The number of para-hydroxylation sites is 2. The molecule has 4 nitrogen and oxygen atoms in total. The molecule has 12 rings (SSSR count). The molecule has 0 amide bonds. The van der Waals surface area contributed by atoms with E-state index in [0.29, 0.717) is 17.5 Å². The van der Waals surface area contributed by atoms with Crippen molar-refractivity contribution in [1.82, 2.24) is 15.0 Å². The maximum atomic E-state index is 6.40. The van der Waals surface area contributed by atoms with Crippen LogP contribution in [0.5, 0.6) is 0 Å². The molecule has 10 aromatic rings. The van der Waals surface area contributed by atoms with Crippen LogP contribution in [0.3, 0.4) is 0 Å². The molecule has 0 radical (unpaired) electrons. The number of nitrogens with zero attached hydrogens (tertiary/aromatic N) is 3. The van der Waals surface area contributed by atoms with Crippen LogP contribution in [0.15, 0.2) is 192 Å². The van der Waals surface area contributed by atoms with Gasteiger partial charge in [-0.25, -0.2) is 15.0 Å². The van der Waals surface area contributed by atoms with Gasteiger partial charge >= 0.3 is 0 Å². The van der Waals surface area contributed by atoms with Crippen molar-refractivity contribution in [3.05, 3.63) is 221 Å². The molecule has 0 atom stereocenters. The quantitative estimate of drug-likeness (QED) is 0.179. The predicted molar refractivity (Wildman–Crippen MR) is 238 cm³/mol. The maximum Gasteiger partial charge on any atom is 0.164 e. The molecule has 0 saturated heterocycles. The van der Waals surface area contributed by atoms with E-state index in [1.54, 1.807) is 0 Å². The van der Waals surface area contributed by atoms with Gasteiger partial charge in [-0.3, -0.25) is 0 Å². The minimum atomic E-state index is -0.513. The molecule has 8 aromatic carbocycles. The highest BCUT2D eigenvalue weighted by Gasteiger charge is 2.53. The molecule has 0 unspecified atom stereocenters. The SMILES string of the molecule is CC1(C)c2ccccc2C2(c3ccccc3-c3c(-c4nc(-c5ccccc5)nc(-c5ccc(-c6cccc7c6oc6ccccc67)cc5)n4)cccc32)c2ccccc21. The van der Waals surface area contributed by atoms with Gasteiger partial charge in [0.05, 0.1) is 5.41 Å². The maximum absolute atomic E-state index is 6.40. The van der Waals surface area contributed by atoms with Gasteiger partial charge in [-0.15, -0.1) is 0 Å². The van der Waals surface area contributed by atoms with Crippen LogP contribution in [0.4, 0.5) is 0 Å². The average molecular weight is 756 g/mol. The first-order chi connectivity index (χ1) is 29.0. The summed E-state index contributed by atoms with van der Waals surface area (Å²) in [5.41, 5.74) is 16.3. The molecule has 0 saturated carbocycles. The molecule has 0 N–H and O–H groups in total. The van der Waals surface area contributed by atoms with E-state index in [9.17, 15) is 0 Å². The molecule has 0 aliphatic heterocycles. The lowest BCUT2D eigenvalue weighted by atomic mass is 9.55. The third-order valence-electron chi connectivity index (χ3n) is 12.8. The zero-order valence-corrected chi connectivity index (χ0v) is 32.6. The second-order valence-corrected chi connectivity index (χ2v) is 16.3. The summed E-state index contributed by atoms with van der Waals surface area (Å²) < 4.78 is 6.40. The van der Waals surface area contributed by atoms with E-state index in [1.807, 2.05) is 30.3 Å². The second kappa shape index (κ2) is 12.5. The first kappa shape index (κ1) is 33.7. The van der Waals surface area contributed by atoms with E-state index in [-0.39, 0.29) is 5.41 Å². The fraction of sp³-hybridized carbons (Fsp3) is 0.0727. The predicted octanol–water partition coefficient (Wildman–Crippen LogP) is 13.4. The van der Waals surface area contributed by atoms with Crippen LogP contribution in [-0.4, -0.2) is 15.0 Å². The van der Waals surface area contributed by atoms with E-state index >= 15 is 0 Å². The van der Waals surface area contributed by atoms with E-state index in [1.165, 1.54) is 38.9 Å². The third kappa shape index (κ3) is 4.74. The Hall–Kier alpha value is -7.43. The lowest BCUT2D eigenvalue weighted by Crippen LogP contribution is -2.40. The largest absolute Gasteiger partial charge is 0.455 e. The van der Waals surface area contributed by atoms with Crippen LogP contribution >= 0.6 is 0 Å². The molecule has 1 spiro atoms. The smallest absolute Gasteiger partial charge is 0.164 e. The molecule has 0 fully saturated rings. The van der Waals surface area contributed by atoms with Crippen LogP contribution in [0.1, 0.15) is 47.2 Å². The molecule has 278 valence electrons. The Labute approximate surface area is 342 Å². The molecular formula is C55H37N3O. The Kier molecular flexibility index (Phi) is 7.16. The minimum absolute atomic E-state index is 0.171. The number of furan rings is 1. The van der Waals surface area contributed by atoms with Crippen molar-refractivity contribution in [2.45, 2.75) is 24.7 Å². The van der Waals surface area contributed by atoms with Gasteiger partial charge in [0.15, 0.2) is 17.5 Å². The topological polar surface area (TPSA) is 51.8 Å². The standard InChI is InChI=1S/C55H37N3O/c1-54(2)43-24-9-11-26-45(43)55(46-27-12-10-25-44(46)54)42-23-8-6-19-40(42)49-41(22-15-28-47(49)55)53-57-51(35-16-4-3-5-17-35)56-52(58-53)36-32-30-34(31-33-36)37-20-14-21-39-38-18-7-13-29-48(38)59-50(37)39/h3-33H,1-2H3. The van der Waals surface area contributed by atoms with Crippen LogP contribution in [0, 0.1) is 0 Å². The van der Waals surface area contributed by atoms with Gasteiger partial charge in [0.1, 0.15) is 11.2 Å². The van der Waals surface area contributed by atoms with E-state index < -0.39 is 5.41 Å². The second-order valence-electron chi connectivity index (χ2n) is 16.3. The molecule has 2 heterocycles. The van der Waals surface area contributed by atoms with E-state index in [0.717, 1.165) is 55.3 Å². The Bertz CT molecular complexity index is 3260. The average Bonchev–Trinajstić information content (AvgIpc) is 3.83. The molecule has 2 aliphatic rings. The summed E-state index contributed by atoms with van der Waals surface area (Å²) in [4.78, 5) is 15.8. The lowest BCUT2D eigenvalue weighted by Gasteiger charge is -2.46. The molecule has 2 aromatic heterocycles. The van der Waals surface area contributed by atoms with Crippen molar-refractivity contribution in [3.63, 3.8) is 0 Å². The number of hydrogen-bond donors (Lipinski definition) is 0. The Morgan fingerprint density at radius 3 is 1.58 bits per heavy atom. The first-order valence-corrected chi connectivity index (χ1v) is 20.3. The van der Waals surface area contributed by atoms with Crippen molar-refractivity contribution in [1.29, 1.82) is 0 Å². The summed E-state index contributed by atoms with van der Waals surface area (Å²) in [6, 6.07) is 67.0. The van der Waals surface area contributed by atoms with Crippen LogP contribution in [0.25, 0.3) is 78.4 Å². The molecule has 0 bridgehead atoms. The zero-order valence-electron chi connectivity index (χ0n) is 32.6. The van der Waals surface area contributed by atoms with Gasteiger partial charge in [0.2, 0.25) is 0 Å². The van der Waals surface area contributed by atoms with Crippen molar-refractivity contribution in [2.75, 3.05) is 0 Å². The Morgan fingerprint density at radius 1 is 0.356 bits per heavy atom. The monoisotopic (exact) mass is 755 g/mol. The van der Waals surface area contributed by atoms with Gasteiger partial charge in [-0.2, -0.15) is 0 Å². The van der Waals surface area contributed by atoms with Crippen LogP contribution in [0.2, 0.25) is 0 Å². The molecule has 59 heavy (non-hydrogen) atoms. The Morgan fingerprint density at radius 2 is 0.847 bits per heavy atom. The highest BCUT2D eigenvalue weighted by Crippen LogP contribution is 2.63. The summed E-state index contributed by atoms with van der Waals surface area (Å²) in [6.45, 7) is 4.72. The number of fused-ring (bicyclic) bond motifs is 12. The van der Waals surface area contributed by atoms with Gasteiger partial charge < -0.3 is 4.42 Å². The number of rotatable bonds is 4. The van der Waals surface area contributed by atoms with E-state index in [2.05, 4.69) is 172 Å². The normalized spacial score (nSPS) is 14.2. The zero-order chi connectivity index (χ0) is 39.3. The van der Waals surface area contributed by atoms with Crippen molar-refractivity contribution >= 4 is 21.9 Å². The number of aromatic nitrogens is 3. The van der Waals surface area contributed by atoms with Crippen LogP contribution in [-0.2, 0) is 10.8 Å². The third-order valence-corrected chi connectivity index (χ3v) is 12.8. The summed E-state index contributed by atoms with van der Waals surface area (Å²) in [6.07, 6.45) is 0. The molecule has 2 aliphatic carbocycles. The van der Waals surface area contributed by atoms with Gasteiger partial charge in [-0.05, 0) is 56.1 Å². The first-order valence-electron chi connectivity index (χ1n) is 20.3. The lowest BCUT2D eigenvalue weighted by molar-refractivity contribution is 0.563. The van der Waals surface area contributed by atoms with E-state index in [4.69, 9.17) is 19.4 Å². The summed E-state index contributed by atoms with van der Waals surface area (Å²) in [5, 5.41) is 2.23. The number of hydrogen-bond acceptors (Lipinski definition) is 4. The number of benzene rings is 8. The summed E-state index contributed by atoms with van der Waals surface area (Å²) in [5.74, 6) is 1.90. The summed E-state index contributed by atoms with van der Waals surface area (Å²) in [7, 11) is 0. The van der Waals surface area contributed by atoms with Gasteiger partial charge in [-0.1, -0.05) is 196 Å². The Balaban J connectivity index is 1.06. The fourth-order valence-electron chi connectivity index (χ4n) is 10.2. The van der Waals surface area contributed by atoms with Crippen LogP contribution < -0.4 is 0 Å². The van der Waals surface area contributed by atoms with Crippen molar-refractivity contribution < 1.29 is 4.42 Å². The minimum Gasteiger partial charge on any atom is -0.455 e. The van der Waals surface area contributed by atoms with Gasteiger partial charge in [0, 0.05) is 38.4 Å². The van der Waals surface area contributed by atoms with Crippen molar-refractivity contribution in [3.8, 4) is 56.4 Å². The van der Waals surface area contributed by atoms with Gasteiger partial charge in [0.25, 0.3) is 0 Å². The van der Waals surface area contributed by atoms with Crippen molar-refractivity contribution in [2.24, 2.45) is 0 Å². The highest BCUT2D eigenvalue weighted by atomic mass is 16.3. The molecule has 4 heteroatoms. The fourth-order valence-corrected chi connectivity index (χ4v) is 10.2. The molecular weight excluding hydrogens is 719 g/mol.